The number of ether oxygens (including phenoxy) is 1. The molecule has 0 radical (unpaired) electrons. The number of nitrogens with zero attached hydrogens (tertiary/aromatic N) is 2. The van der Waals surface area contributed by atoms with Gasteiger partial charge in [0.25, 0.3) is 0 Å². The fraction of sp³-hybridized carbons (Fsp3) is 0.632. The maximum Gasteiger partial charge on any atom is 0.193 e. The van der Waals surface area contributed by atoms with Crippen LogP contribution < -0.4 is 5.32 Å². The van der Waals surface area contributed by atoms with Crippen LogP contribution in [0, 0.1) is 5.41 Å². The first-order valence-corrected chi connectivity index (χ1v) is 8.55. The number of nitrogens with one attached hydrogen (secondary N) is 1. The molecule has 1 saturated heterocycles. The maximum atomic E-state index is 5.68. The monoisotopic (exact) mass is 317 g/mol. The molecule has 1 heterocycles. The molecular formula is C19H31N3O. The number of guanidine groups is 1. The summed E-state index contributed by atoms with van der Waals surface area (Å²) in [7, 11) is 1.86. The lowest BCUT2D eigenvalue weighted by Gasteiger charge is -2.23. The Bertz CT molecular complexity index is 537. The Kier molecular flexibility index (Phi) is 6.05. The highest BCUT2D eigenvalue weighted by atomic mass is 16.5. The van der Waals surface area contributed by atoms with E-state index < -0.39 is 0 Å². The molecular weight excluding hydrogens is 286 g/mol. The predicted molar refractivity (Wildman–Crippen MR) is 96.5 cm³/mol. The molecule has 1 aliphatic heterocycles. The highest BCUT2D eigenvalue weighted by Gasteiger charge is 2.30. The lowest BCUT2D eigenvalue weighted by atomic mass is 9.93. The van der Waals surface area contributed by atoms with Crippen molar-refractivity contribution in [3.63, 3.8) is 0 Å². The molecule has 4 heteroatoms. The highest BCUT2D eigenvalue weighted by molar-refractivity contribution is 5.80. The van der Waals surface area contributed by atoms with E-state index in [-0.39, 0.29) is 6.10 Å². The van der Waals surface area contributed by atoms with Crippen LogP contribution in [0.3, 0.4) is 0 Å². The Hall–Kier alpha value is -1.55. The van der Waals surface area contributed by atoms with Gasteiger partial charge in [-0.1, -0.05) is 38.1 Å². The lowest BCUT2D eigenvalue weighted by Crippen LogP contribution is -2.40. The number of aliphatic imine (C=N–C) groups is 1. The molecule has 0 aliphatic carbocycles. The molecule has 128 valence electrons. The Labute approximate surface area is 140 Å². The van der Waals surface area contributed by atoms with Crippen molar-refractivity contribution in [2.24, 2.45) is 10.4 Å². The van der Waals surface area contributed by atoms with E-state index in [1.807, 2.05) is 7.05 Å². The van der Waals surface area contributed by atoms with Crippen molar-refractivity contribution in [2.45, 2.75) is 53.4 Å². The van der Waals surface area contributed by atoms with Crippen LogP contribution in [0.15, 0.2) is 29.3 Å². The van der Waals surface area contributed by atoms with Gasteiger partial charge in [-0.05, 0) is 36.8 Å². The van der Waals surface area contributed by atoms with Gasteiger partial charge in [-0.3, -0.25) is 4.99 Å². The molecule has 0 bridgehead atoms. The van der Waals surface area contributed by atoms with E-state index in [2.05, 4.69) is 67.2 Å². The first kappa shape index (κ1) is 17.8. The lowest BCUT2D eigenvalue weighted by molar-refractivity contribution is 0.0657. The van der Waals surface area contributed by atoms with Gasteiger partial charge in [0.05, 0.1) is 12.7 Å². The van der Waals surface area contributed by atoms with E-state index >= 15 is 0 Å². The first-order chi connectivity index (χ1) is 10.9. The third-order valence-corrected chi connectivity index (χ3v) is 4.21. The molecule has 0 unspecified atom stereocenters. The SMILES string of the molecule is CN=C(NCc1cccc(COC(C)C)c1)N1CCC(C)(C)C1. The third kappa shape index (κ3) is 5.54. The summed E-state index contributed by atoms with van der Waals surface area (Å²) in [5.41, 5.74) is 2.86. The molecule has 1 aromatic rings. The Balaban J connectivity index is 1.90. The zero-order valence-electron chi connectivity index (χ0n) is 15.2. The fourth-order valence-electron chi connectivity index (χ4n) is 2.90. The second kappa shape index (κ2) is 7.82. The predicted octanol–water partition coefficient (Wildman–Crippen LogP) is 3.42. The van der Waals surface area contributed by atoms with Gasteiger partial charge in [-0.25, -0.2) is 0 Å². The third-order valence-electron chi connectivity index (χ3n) is 4.21. The number of hydrogen-bond donors (Lipinski definition) is 1. The molecule has 1 fully saturated rings. The van der Waals surface area contributed by atoms with Gasteiger partial charge in [-0.15, -0.1) is 0 Å². The maximum absolute atomic E-state index is 5.68. The minimum Gasteiger partial charge on any atom is -0.374 e. The molecule has 0 atom stereocenters. The minimum absolute atomic E-state index is 0.258. The molecule has 0 saturated carbocycles. The number of hydrogen-bond acceptors (Lipinski definition) is 2. The van der Waals surface area contributed by atoms with Crippen molar-refractivity contribution in [2.75, 3.05) is 20.1 Å². The average Bonchev–Trinajstić information content (AvgIpc) is 2.86. The zero-order valence-corrected chi connectivity index (χ0v) is 15.2. The topological polar surface area (TPSA) is 36.9 Å². The molecule has 4 nitrogen and oxygen atoms in total. The van der Waals surface area contributed by atoms with Gasteiger partial charge in [0, 0.05) is 26.7 Å². The summed E-state index contributed by atoms with van der Waals surface area (Å²) in [6, 6.07) is 8.56. The van der Waals surface area contributed by atoms with E-state index in [4.69, 9.17) is 4.74 Å². The molecule has 0 spiro atoms. The summed E-state index contributed by atoms with van der Waals surface area (Å²) in [6.07, 6.45) is 1.48. The van der Waals surface area contributed by atoms with Crippen molar-refractivity contribution < 1.29 is 4.74 Å². The van der Waals surface area contributed by atoms with Crippen molar-refractivity contribution in [3.05, 3.63) is 35.4 Å². The van der Waals surface area contributed by atoms with Crippen molar-refractivity contribution in [3.8, 4) is 0 Å². The average molecular weight is 317 g/mol. The van der Waals surface area contributed by atoms with Gasteiger partial charge >= 0.3 is 0 Å². The largest absolute Gasteiger partial charge is 0.374 e. The normalized spacial score (nSPS) is 17.8. The molecule has 0 aromatic heterocycles. The van der Waals surface area contributed by atoms with Crippen LogP contribution in [0.2, 0.25) is 0 Å². The molecule has 1 N–H and O–H groups in total. The van der Waals surface area contributed by atoms with Crippen molar-refractivity contribution >= 4 is 5.96 Å². The van der Waals surface area contributed by atoms with E-state index in [9.17, 15) is 0 Å². The summed E-state index contributed by atoms with van der Waals surface area (Å²) >= 11 is 0. The summed E-state index contributed by atoms with van der Waals surface area (Å²) < 4.78 is 5.68. The summed E-state index contributed by atoms with van der Waals surface area (Å²) in [4.78, 5) is 6.79. The van der Waals surface area contributed by atoms with Gasteiger partial charge < -0.3 is 15.0 Å². The van der Waals surface area contributed by atoms with Crippen LogP contribution in [0.1, 0.15) is 45.2 Å². The fourth-order valence-corrected chi connectivity index (χ4v) is 2.90. The molecule has 2 rings (SSSR count). The van der Waals surface area contributed by atoms with Gasteiger partial charge in [-0.2, -0.15) is 0 Å². The minimum atomic E-state index is 0.258. The van der Waals surface area contributed by atoms with Crippen LogP contribution in [-0.2, 0) is 17.9 Å². The van der Waals surface area contributed by atoms with E-state index in [1.165, 1.54) is 17.5 Å². The Morgan fingerprint density at radius 2 is 2.09 bits per heavy atom. The van der Waals surface area contributed by atoms with Gasteiger partial charge in [0.2, 0.25) is 0 Å². The van der Waals surface area contributed by atoms with Crippen LogP contribution in [0.5, 0.6) is 0 Å². The summed E-state index contributed by atoms with van der Waals surface area (Å²) in [5, 5.41) is 3.49. The first-order valence-electron chi connectivity index (χ1n) is 8.55. The summed E-state index contributed by atoms with van der Waals surface area (Å²) in [5.74, 6) is 0.999. The van der Waals surface area contributed by atoms with Gasteiger partial charge in [0.1, 0.15) is 0 Å². The molecule has 1 aromatic carbocycles. The van der Waals surface area contributed by atoms with E-state index in [0.717, 1.165) is 25.6 Å². The molecule has 23 heavy (non-hydrogen) atoms. The smallest absolute Gasteiger partial charge is 0.193 e. The second-order valence-corrected chi connectivity index (χ2v) is 7.42. The van der Waals surface area contributed by atoms with Gasteiger partial charge in [0.15, 0.2) is 5.96 Å². The quantitative estimate of drug-likeness (QED) is 0.668. The van der Waals surface area contributed by atoms with Crippen molar-refractivity contribution in [1.29, 1.82) is 0 Å². The van der Waals surface area contributed by atoms with Crippen LogP contribution in [0.25, 0.3) is 0 Å². The number of likely N-dealkylation sites (tertiary alicyclic amines) is 1. The van der Waals surface area contributed by atoms with Crippen LogP contribution in [-0.4, -0.2) is 37.1 Å². The van der Waals surface area contributed by atoms with Crippen molar-refractivity contribution in [1.82, 2.24) is 10.2 Å². The van der Waals surface area contributed by atoms with E-state index in [1.54, 1.807) is 0 Å². The second-order valence-electron chi connectivity index (χ2n) is 7.42. The molecule has 0 amide bonds. The standard InChI is InChI=1S/C19H31N3O/c1-15(2)23-13-17-8-6-7-16(11-17)12-21-18(20-5)22-10-9-19(3,4)14-22/h6-8,11,15H,9-10,12-14H2,1-5H3,(H,20,21). The molecule has 1 aliphatic rings. The van der Waals surface area contributed by atoms with Crippen LogP contribution >= 0.6 is 0 Å². The number of benzene rings is 1. The van der Waals surface area contributed by atoms with Crippen LogP contribution in [0.4, 0.5) is 0 Å². The highest BCUT2D eigenvalue weighted by Crippen LogP contribution is 2.28. The summed E-state index contributed by atoms with van der Waals surface area (Å²) in [6.45, 7) is 12.4. The van der Waals surface area contributed by atoms with E-state index in [0.29, 0.717) is 12.0 Å². The Morgan fingerprint density at radius 3 is 2.70 bits per heavy atom. The number of rotatable bonds is 5. The Morgan fingerprint density at radius 1 is 1.35 bits per heavy atom. The zero-order chi connectivity index (χ0) is 16.9.